The van der Waals surface area contributed by atoms with Crippen LogP contribution in [0.3, 0.4) is 0 Å². The number of Topliss-reactive ketones (excluding diaryl/α,β-unsaturated/α-hetero) is 1. The van der Waals surface area contributed by atoms with E-state index in [0.29, 0.717) is 17.1 Å². The highest BCUT2D eigenvalue weighted by atomic mass is 35.5. The first-order valence-electron chi connectivity index (χ1n) is 9.33. The van der Waals surface area contributed by atoms with Crippen LogP contribution in [0, 0.1) is 0 Å². The number of para-hydroxylation sites is 2. The summed E-state index contributed by atoms with van der Waals surface area (Å²) in [6, 6.07) is 23.7. The lowest BCUT2D eigenvalue weighted by molar-refractivity contribution is 0.0967. The van der Waals surface area contributed by atoms with Gasteiger partial charge >= 0.3 is 0 Å². The van der Waals surface area contributed by atoms with Crippen LogP contribution in [0.4, 0.5) is 0 Å². The molecule has 3 aromatic carbocycles. The number of rotatable bonds is 5. The standard InChI is InChI=1S/C23H17ClN4O/c24-20-10-4-1-9-19(20)23(29)15-27-13-16(25-26-27)14-28-21-11-5-2-7-17(21)18-8-3-6-12-22(18)28/h1-13H,14-15H2. The van der Waals surface area contributed by atoms with Crippen molar-refractivity contribution in [2.45, 2.75) is 13.1 Å². The normalized spacial score (nSPS) is 11.3. The molecule has 0 spiro atoms. The van der Waals surface area contributed by atoms with Gasteiger partial charge in [0.15, 0.2) is 5.78 Å². The molecule has 0 atom stereocenters. The number of halogens is 1. The number of nitrogens with zero attached hydrogens (tertiary/aromatic N) is 4. The molecule has 2 heterocycles. The first-order chi connectivity index (χ1) is 14.2. The molecule has 0 amide bonds. The number of aromatic nitrogens is 4. The molecule has 6 heteroatoms. The molecule has 5 nitrogen and oxygen atoms in total. The monoisotopic (exact) mass is 400 g/mol. The van der Waals surface area contributed by atoms with E-state index in [1.165, 1.54) is 10.8 Å². The van der Waals surface area contributed by atoms with Gasteiger partial charge in [-0.1, -0.05) is 65.3 Å². The van der Waals surface area contributed by atoms with Gasteiger partial charge in [0.2, 0.25) is 0 Å². The first-order valence-corrected chi connectivity index (χ1v) is 9.71. The molecule has 29 heavy (non-hydrogen) atoms. The smallest absolute Gasteiger partial charge is 0.185 e. The Balaban J connectivity index is 1.45. The largest absolute Gasteiger partial charge is 0.334 e. The SMILES string of the molecule is O=C(Cn1cc(Cn2c3ccccc3c3ccccc32)nn1)c1ccccc1Cl. The second-order valence-electron chi connectivity index (χ2n) is 6.93. The summed E-state index contributed by atoms with van der Waals surface area (Å²) in [6.07, 6.45) is 1.82. The minimum absolute atomic E-state index is 0.0936. The summed E-state index contributed by atoms with van der Waals surface area (Å²) in [6.45, 7) is 0.679. The topological polar surface area (TPSA) is 52.7 Å². The fourth-order valence-electron chi connectivity index (χ4n) is 3.74. The Kier molecular flexibility index (Phi) is 4.37. The summed E-state index contributed by atoms with van der Waals surface area (Å²) < 4.78 is 3.80. The Morgan fingerprint density at radius 1 is 0.862 bits per heavy atom. The third kappa shape index (κ3) is 3.19. The van der Waals surface area contributed by atoms with E-state index < -0.39 is 0 Å². The van der Waals surface area contributed by atoms with Gasteiger partial charge in [0, 0.05) is 27.4 Å². The summed E-state index contributed by atoms with van der Waals surface area (Å²) in [4.78, 5) is 12.5. The van der Waals surface area contributed by atoms with Crippen LogP contribution in [-0.4, -0.2) is 25.3 Å². The number of carbonyl (C=O) groups is 1. The van der Waals surface area contributed by atoms with Crippen LogP contribution in [0.15, 0.2) is 79.0 Å². The third-order valence-electron chi connectivity index (χ3n) is 5.07. The van der Waals surface area contributed by atoms with E-state index in [4.69, 9.17) is 11.6 Å². The zero-order valence-electron chi connectivity index (χ0n) is 15.5. The van der Waals surface area contributed by atoms with E-state index in [9.17, 15) is 4.79 Å². The Morgan fingerprint density at radius 3 is 2.17 bits per heavy atom. The molecule has 0 aliphatic carbocycles. The summed E-state index contributed by atoms with van der Waals surface area (Å²) in [5.41, 5.74) is 3.59. The molecule has 5 aromatic rings. The molecular formula is C23H17ClN4O. The van der Waals surface area contributed by atoms with Gasteiger partial charge in [0.05, 0.1) is 17.8 Å². The quantitative estimate of drug-likeness (QED) is 0.391. The van der Waals surface area contributed by atoms with Crippen molar-refractivity contribution in [1.82, 2.24) is 19.6 Å². The van der Waals surface area contributed by atoms with Crippen molar-refractivity contribution in [1.29, 1.82) is 0 Å². The second-order valence-corrected chi connectivity index (χ2v) is 7.34. The lowest BCUT2D eigenvalue weighted by atomic mass is 10.1. The van der Waals surface area contributed by atoms with Gasteiger partial charge in [-0.3, -0.25) is 4.79 Å². The van der Waals surface area contributed by atoms with Gasteiger partial charge in [-0.2, -0.15) is 0 Å². The van der Waals surface area contributed by atoms with E-state index in [0.717, 1.165) is 16.7 Å². The number of fused-ring (bicyclic) bond motifs is 3. The van der Waals surface area contributed by atoms with Gasteiger partial charge in [-0.05, 0) is 24.3 Å². The molecule has 0 fully saturated rings. The van der Waals surface area contributed by atoms with E-state index in [1.807, 2.05) is 18.3 Å². The molecule has 5 rings (SSSR count). The first kappa shape index (κ1) is 17.6. The maximum atomic E-state index is 12.5. The van der Waals surface area contributed by atoms with Gasteiger partial charge in [-0.15, -0.1) is 5.10 Å². The summed E-state index contributed by atoms with van der Waals surface area (Å²) in [5.74, 6) is -0.0936. The van der Waals surface area contributed by atoms with Crippen molar-refractivity contribution < 1.29 is 4.79 Å². The Morgan fingerprint density at radius 2 is 1.48 bits per heavy atom. The molecule has 0 aliphatic rings. The molecule has 142 valence electrons. The van der Waals surface area contributed by atoms with Crippen LogP contribution >= 0.6 is 11.6 Å². The minimum atomic E-state index is -0.0936. The number of ketones is 1. The molecule has 0 saturated heterocycles. The van der Waals surface area contributed by atoms with Gasteiger partial charge in [-0.25, -0.2) is 4.68 Å². The molecule has 0 saturated carbocycles. The fraction of sp³-hybridized carbons (Fsp3) is 0.0870. The van der Waals surface area contributed by atoms with Crippen molar-refractivity contribution in [3.63, 3.8) is 0 Å². The van der Waals surface area contributed by atoms with Crippen LogP contribution in [-0.2, 0) is 13.1 Å². The van der Waals surface area contributed by atoms with Gasteiger partial charge in [0.25, 0.3) is 0 Å². The average Bonchev–Trinajstić information content (AvgIpc) is 3.31. The molecule has 0 radical (unpaired) electrons. The van der Waals surface area contributed by atoms with E-state index >= 15 is 0 Å². The lowest BCUT2D eigenvalue weighted by Gasteiger charge is -2.05. The third-order valence-corrected chi connectivity index (χ3v) is 5.40. The molecule has 0 N–H and O–H groups in total. The summed E-state index contributed by atoms with van der Waals surface area (Å²) >= 11 is 6.13. The van der Waals surface area contributed by atoms with E-state index in [2.05, 4.69) is 51.3 Å². The molecule has 0 unspecified atom stereocenters. The highest BCUT2D eigenvalue weighted by molar-refractivity contribution is 6.33. The summed E-state index contributed by atoms with van der Waals surface area (Å²) in [7, 11) is 0. The molecule has 0 aliphatic heterocycles. The fourth-order valence-corrected chi connectivity index (χ4v) is 3.98. The Hall–Kier alpha value is -3.44. The van der Waals surface area contributed by atoms with Crippen molar-refractivity contribution in [3.8, 4) is 0 Å². The zero-order valence-corrected chi connectivity index (χ0v) is 16.3. The van der Waals surface area contributed by atoms with Crippen molar-refractivity contribution >= 4 is 39.2 Å². The predicted octanol–water partition coefficient (Wildman–Crippen LogP) is 4.97. The van der Waals surface area contributed by atoms with Crippen LogP contribution in [0.25, 0.3) is 21.8 Å². The highest BCUT2D eigenvalue weighted by Gasteiger charge is 2.14. The Bertz CT molecular complexity index is 1300. The van der Waals surface area contributed by atoms with Crippen molar-refractivity contribution in [3.05, 3.63) is 95.3 Å². The van der Waals surface area contributed by atoms with Gasteiger partial charge < -0.3 is 4.57 Å². The van der Waals surface area contributed by atoms with E-state index in [1.54, 1.807) is 28.9 Å². The average molecular weight is 401 g/mol. The predicted molar refractivity (Wildman–Crippen MR) is 114 cm³/mol. The van der Waals surface area contributed by atoms with Crippen LogP contribution in [0.5, 0.6) is 0 Å². The van der Waals surface area contributed by atoms with Gasteiger partial charge in [0.1, 0.15) is 12.2 Å². The summed E-state index contributed by atoms with van der Waals surface area (Å²) in [5, 5.41) is 11.3. The molecule has 0 bridgehead atoms. The van der Waals surface area contributed by atoms with Crippen LogP contribution < -0.4 is 0 Å². The van der Waals surface area contributed by atoms with E-state index in [-0.39, 0.29) is 12.3 Å². The number of hydrogen-bond acceptors (Lipinski definition) is 3. The molecular weight excluding hydrogens is 384 g/mol. The molecule has 2 aromatic heterocycles. The minimum Gasteiger partial charge on any atom is -0.334 e. The lowest BCUT2D eigenvalue weighted by Crippen LogP contribution is -2.11. The Labute approximate surface area is 172 Å². The number of carbonyl (C=O) groups excluding carboxylic acids is 1. The van der Waals surface area contributed by atoms with Crippen molar-refractivity contribution in [2.24, 2.45) is 0 Å². The maximum absolute atomic E-state index is 12.5. The highest BCUT2D eigenvalue weighted by Crippen LogP contribution is 2.29. The second kappa shape index (κ2) is 7.18. The van der Waals surface area contributed by atoms with Crippen LogP contribution in [0.2, 0.25) is 5.02 Å². The number of benzene rings is 3. The number of hydrogen-bond donors (Lipinski definition) is 0. The maximum Gasteiger partial charge on any atom is 0.185 e. The zero-order chi connectivity index (χ0) is 19.8. The van der Waals surface area contributed by atoms with Crippen LogP contribution in [0.1, 0.15) is 16.1 Å². The van der Waals surface area contributed by atoms with Crippen molar-refractivity contribution in [2.75, 3.05) is 0 Å².